The van der Waals surface area contributed by atoms with Crippen molar-refractivity contribution in [1.82, 2.24) is 0 Å². The van der Waals surface area contributed by atoms with Gasteiger partial charge in [-0.15, -0.1) is 0 Å². The first kappa shape index (κ1) is 13.0. The maximum atomic E-state index is 8.57. The molecule has 0 aliphatic carbocycles. The van der Waals surface area contributed by atoms with Gasteiger partial charge in [-0.05, 0) is 6.42 Å². The average Bonchev–Trinajstić information content (AvgIpc) is 2.16. The van der Waals surface area contributed by atoms with Crippen molar-refractivity contribution in [2.45, 2.75) is 71.1 Å². The summed E-state index contributed by atoms with van der Waals surface area (Å²) in [6.07, 6.45) is 13.3. The van der Waals surface area contributed by atoms with Crippen LogP contribution in [0.15, 0.2) is 0 Å². The number of rotatable bonds is 10. The second-order valence-corrected chi connectivity index (χ2v) is 3.91. The molecule has 1 N–H and O–H groups in total. The van der Waals surface area contributed by atoms with Crippen LogP contribution in [0.3, 0.4) is 0 Å². The molecule has 0 aliphatic heterocycles. The Morgan fingerprint density at radius 2 is 1.00 bits per heavy atom. The van der Waals surface area contributed by atoms with Crippen molar-refractivity contribution in [1.29, 1.82) is 0 Å². The largest absolute Gasteiger partial charge is 0.396 e. The molecule has 0 aromatic rings. The predicted octanol–water partition coefficient (Wildman–Crippen LogP) is 3.90. The van der Waals surface area contributed by atoms with E-state index in [-0.39, 0.29) is 0 Å². The van der Waals surface area contributed by atoms with Crippen LogP contribution in [0, 0.1) is 0 Å². The Morgan fingerprint density at radius 3 is 1.38 bits per heavy atom. The SMILES string of the molecule is CCCCCCCCCCC[13CH2]O. The minimum Gasteiger partial charge on any atom is -0.396 e. The van der Waals surface area contributed by atoms with Crippen LogP contribution in [0.4, 0.5) is 0 Å². The van der Waals surface area contributed by atoms with Crippen molar-refractivity contribution in [3.63, 3.8) is 0 Å². The van der Waals surface area contributed by atoms with Crippen molar-refractivity contribution in [2.24, 2.45) is 0 Å². The van der Waals surface area contributed by atoms with Crippen LogP contribution in [0.25, 0.3) is 0 Å². The van der Waals surface area contributed by atoms with E-state index in [1.165, 1.54) is 57.8 Å². The molecule has 1 nitrogen and oxygen atoms in total. The Morgan fingerprint density at radius 1 is 0.615 bits per heavy atom. The lowest BCUT2D eigenvalue weighted by molar-refractivity contribution is 0.282. The Balaban J connectivity index is 2.76. The summed E-state index contributed by atoms with van der Waals surface area (Å²) in [5, 5.41) is 8.57. The lowest BCUT2D eigenvalue weighted by Gasteiger charge is -2.00. The molecule has 0 aromatic heterocycles. The van der Waals surface area contributed by atoms with Gasteiger partial charge in [0.25, 0.3) is 0 Å². The van der Waals surface area contributed by atoms with Gasteiger partial charge < -0.3 is 5.11 Å². The lowest BCUT2D eigenvalue weighted by Crippen LogP contribution is -1.84. The molecule has 0 saturated carbocycles. The molecule has 1 heteroatoms. The van der Waals surface area contributed by atoms with Gasteiger partial charge in [0.05, 0.1) is 0 Å². The number of aliphatic hydroxyl groups excluding tert-OH is 1. The van der Waals surface area contributed by atoms with Crippen LogP contribution < -0.4 is 0 Å². The van der Waals surface area contributed by atoms with Crippen molar-refractivity contribution >= 4 is 0 Å². The number of aliphatic hydroxyl groups is 1. The van der Waals surface area contributed by atoms with E-state index in [0.29, 0.717) is 6.61 Å². The monoisotopic (exact) mass is 187 g/mol. The van der Waals surface area contributed by atoms with Gasteiger partial charge >= 0.3 is 0 Å². The predicted molar refractivity (Wildman–Crippen MR) is 58.9 cm³/mol. The number of hydrogen-bond acceptors (Lipinski definition) is 1. The second kappa shape index (κ2) is 12.0. The Hall–Kier alpha value is -0.0400. The molecule has 0 aromatic carbocycles. The quantitative estimate of drug-likeness (QED) is 0.406. The summed E-state index contributed by atoms with van der Waals surface area (Å²) in [6.45, 7) is 2.63. The highest BCUT2D eigenvalue weighted by atomic mass is 16.3. The smallest absolute Gasteiger partial charge is 0.0431 e. The molecule has 80 valence electrons. The Labute approximate surface area is 83.5 Å². The van der Waals surface area contributed by atoms with Crippen molar-refractivity contribution in [2.75, 3.05) is 6.61 Å². The topological polar surface area (TPSA) is 20.2 Å². The molecule has 0 radical (unpaired) electrons. The van der Waals surface area contributed by atoms with Crippen LogP contribution in [0.1, 0.15) is 71.1 Å². The molecule has 0 unspecified atom stereocenters. The molecule has 0 amide bonds. The van der Waals surface area contributed by atoms with Crippen LogP contribution >= 0.6 is 0 Å². The van der Waals surface area contributed by atoms with E-state index < -0.39 is 0 Å². The summed E-state index contributed by atoms with van der Waals surface area (Å²) < 4.78 is 0. The minimum absolute atomic E-state index is 0.372. The van der Waals surface area contributed by atoms with Crippen molar-refractivity contribution < 1.29 is 5.11 Å². The lowest BCUT2D eigenvalue weighted by atomic mass is 10.1. The van der Waals surface area contributed by atoms with Gasteiger partial charge in [-0.25, -0.2) is 0 Å². The van der Waals surface area contributed by atoms with Crippen LogP contribution in [-0.4, -0.2) is 11.7 Å². The van der Waals surface area contributed by atoms with Gasteiger partial charge in [-0.1, -0.05) is 64.7 Å². The third kappa shape index (κ3) is 12.0. The van der Waals surface area contributed by atoms with Gasteiger partial charge in [0, 0.05) is 6.61 Å². The molecule has 0 fully saturated rings. The summed E-state index contributed by atoms with van der Waals surface area (Å²) in [5.74, 6) is 0. The van der Waals surface area contributed by atoms with Gasteiger partial charge in [0.1, 0.15) is 0 Å². The molecule has 0 saturated heterocycles. The molecule has 0 atom stereocenters. The van der Waals surface area contributed by atoms with Crippen molar-refractivity contribution in [3.05, 3.63) is 0 Å². The summed E-state index contributed by atoms with van der Waals surface area (Å²) >= 11 is 0. The fourth-order valence-electron chi connectivity index (χ4n) is 1.60. The van der Waals surface area contributed by atoms with Crippen LogP contribution in [-0.2, 0) is 0 Å². The van der Waals surface area contributed by atoms with E-state index in [2.05, 4.69) is 6.92 Å². The summed E-state index contributed by atoms with van der Waals surface area (Å²) in [4.78, 5) is 0. The summed E-state index contributed by atoms with van der Waals surface area (Å²) in [5.41, 5.74) is 0. The highest BCUT2D eigenvalue weighted by molar-refractivity contribution is 4.46. The van der Waals surface area contributed by atoms with E-state index in [4.69, 9.17) is 5.11 Å². The van der Waals surface area contributed by atoms with Gasteiger partial charge in [0.15, 0.2) is 0 Å². The van der Waals surface area contributed by atoms with Gasteiger partial charge in [-0.2, -0.15) is 0 Å². The van der Waals surface area contributed by atoms with Crippen LogP contribution in [0.2, 0.25) is 0 Å². The van der Waals surface area contributed by atoms with E-state index in [0.717, 1.165) is 6.42 Å². The standard InChI is InChI=1S/C12H26O/c1-2-3-4-5-6-7-8-9-10-11-12-13/h13H,2-12H2,1H3/i12+1. The highest BCUT2D eigenvalue weighted by Crippen LogP contribution is 2.09. The summed E-state index contributed by atoms with van der Waals surface area (Å²) in [7, 11) is 0. The van der Waals surface area contributed by atoms with Gasteiger partial charge in [0.2, 0.25) is 0 Å². The first-order valence-electron chi connectivity index (χ1n) is 6.02. The molecule has 0 spiro atoms. The maximum absolute atomic E-state index is 8.57. The van der Waals surface area contributed by atoms with E-state index >= 15 is 0 Å². The molecule has 13 heavy (non-hydrogen) atoms. The Kier molecular flexibility index (Phi) is 11.9. The van der Waals surface area contributed by atoms with Crippen LogP contribution in [0.5, 0.6) is 0 Å². The van der Waals surface area contributed by atoms with E-state index in [9.17, 15) is 0 Å². The van der Waals surface area contributed by atoms with E-state index in [1.807, 2.05) is 0 Å². The highest BCUT2D eigenvalue weighted by Gasteiger charge is 1.91. The first-order valence-corrected chi connectivity index (χ1v) is 6.02. The third-order valence-electron chi connectivity index (χ3n) is 2.51. The van der Waals surface area contributed by atoms with E-state index in [1.54, 1.807) is 0 Å². The average molecular weight is 187 g/mol. The normalized spacial score (nSPS) is 10.6. The van der Waals surface area contributed by atoms with Gasteiger partial charge in [-0.3, -0.25) is 0 Å². The molecule has 0 heterocycles. The number of hydrogen-bond donors (Lipinski definition) is 1. The Bertz CT molecular complexity index is 71.2. The maximum Gasteiger partial charge on any atom is 0.0431 e. The fraction of sp³-hybridized carbons (Fsp3) is 1.00. The fourth-order valence-corrected chi connectivity index (χ4v) is 1.60. The number of unbranched alkanes of at least 4 members (excludes halogenated alkanes) is 9. The molecular formula is C12H26O. The first-order chi connectivity index (χ1) is 6.41. The minimum atomic E-state index is 0.372. The summed E-state index contributed by atoms with van der Waals surface area (Å²) in [6, 6.07) is 0. The molecular weight excluding hydrogens is 161 g/mol. The molecule has 0 bridgehead atoms. The third-order valence-corrected chi connectivity index (χ3v) is 2.51. The zero-order valence-electron chi connectivity index (χ0n) is 9.23. The zero-order chi connectivity index (χ0) is 9.78. The second-order valence-electron chi connectivity index (χ2n) is 3.91. The molecule has 0 rings (SSSR count). The zero-order valence-corrected chi connectivity index (χ0v) is 9.23. The molecule has 0 aliphatic rings. The van der Waals surface area contributed by atoms with Crippen molar-refractivity contribution in [3.8, 4) is 0 Å².